The van der Waals surface area contributed by atoms with Gasteiger partial charge in [-0.2, -0.15) is 0 Å². The summed E-state index contributed by atoms with van der Waals surface area (Å²) in [7, 11) is 1.67. The van der Waals surface area contributed by atoms with Gasteiger partial charge in [0.25, 0.3) is 0 Å². The molecule has 0 bridgehead atoms. The van der Waals surface area contributed by atoms with E-state index in [1.165, 1.54) is 19.3 Å². The van der Waals surface area contributed by atoms with Crippen molar-refractivity contribution in [3.05, 3.63) is 17.6 Å². The normalized spacial score (nSPS) is 29.2. The highest BCUT2D eigenvalue weighted by atomic mass is 16.5. The Morgan fingerprint density at radius 1 is 1.35 bits per heavy atom. The molecule has 2 fully saturated rings. The molecular formula is C15H23N3O2. The lowest BCUT2D eigenvalue weighted by atomic mass is 9.82. The zero-order valence-corrected chi connectivity index (χ0v) is 12.3. The fourth-order valence-electron chi connectivity index (χ4n) is 3.44. The van der Waals surface area contributed by atoms with Crippen LogP contribution in [0.15, 0.2) is 6.07 Å². The third-order valence-electron chi connectivity index (χ3n) is 4.29. The Morgan fingerprint density at radius 2 is 2.25 bits per heavy atom. The Morgan fingerprint density at radius 3 is 3.10 bits per heavy atom. The molecule has 1 aliphatic carbocycles. The van der Waals surface area contributed by atoms with Crippen molar-refractivity contribution in [2.45, 2.75) is 51.4 Å². The van der Waals surface area contributed by atoms with E-state index in [1.807, 2.05) is 13.0 Å². The van der Waals surface area contributed by atoms with Crippen molar-refractivity contribution in [1.82, 2.24) is 9.97 Å². The SMILES string of the molecule is COCc1nc(C)cc(NC2CCCC3OCCC23)n1. The van der Waals surface area contributed by atoms with E-state index in [0.717, 1.165) is 30.4 Å². The van der Waals surface area contributed by atoms with Crippen LogP contribution in [0, 0.1) is 12.8 Å². The van der Waals surface area contributed by atoms with Crippen molar-refractivity contribution in [2.24, 2.45) is 5.92 Å². The van der Waals surface area contributed by atoms with Gasteiger partial charge in [0.05, 0.1) is 6.10 Å². The fourth-order valence-corrected chi connectivity index (χ4v) is 3.44. The van der Waals surface area contributed by atoms with Crippen LogP contribution in [0.5, 0.6) is 0 Å². The third-order valence-corrected chi connectivity index (χ3v) is 4.29. The summed E-state index contributed by atoms with van der Waals surface area (Å²) in [5.74, 6) is 2.29. The number of hydrogen-bond donors (Lipinski definition) is 1. The minimum Gasteiger partial charge on any atom is -0.378 e. The largest absolute Gasteiger partial charge is 0.378 e. The monoisotopic (exact) mass is 277 g/mol. The van der Waals surface area contributed by atoms with Crippen molar-refractivity contribution in [3.63, 3.8) is 0 Å². The Hall–Kier alpha value is -1.20. The lowest BCUT2D eigenvalue weighted by molar-refractivity contribution is 0.0619. The van der Waals surface area contributed by atoms with Crippen LogP contribution >= 0.6 is 0 Å². The summed E-state index contributed by atoms with van der Waals surface area (Å²) in [4.78, 5) is 8.93. The quantitative estimate of drug-likeness (QED) is 0.915. The molecule has 3 rings (SSSR count). The molecule has 2 heterocycles. The summed E-state index contributed by atoms with van der Waals surface area (Å²) in [5.41, 5.74) is 0.976. The summed E-state index contributed by atoms with van der Waals surface area (Å²) in [6.07, 6.45) is 5.25. The van der Waals surface area contributed by atoms with Gasteiger partial charge < -0.3 is 14.8 Å². The molecule has 0 radical (unpaired) electrons. The Balaban J connectivity index is 1.73. The molecule has 20 heavy (non-hydrogen) atoms. The number of ether oxygens (including phenoxy) is 2. The van der Waals surface area contributed by atoms with Gasteiger partial charge >= 0.3 is 0 Å². The second-order valence-electron chi connectivity index (χ2n) is 5.79. The van der Waals surface area contributed by atoms with E-state index in [2.05, 4.69) is 15.3 Å². The van der Waals surface area contributed by atoms with Crippen molar-refractivity contribution in [2.75, 3.05) is 19.0 Å². The van der Waals surface area contributed by atoms with Crippen molar-refractivity contribution in [1.29, 1.82) is 0 Å². The van der Waals surface area contributed by atoms with E-state index in [9.17, 15) is 0 Å². The predicted molar refractivity (Wildman–Crippen MR) is 76.6 cm³/mol. The topological polar surface area (TPSA) is 56.3 Å². The number of hydrogen-bond acceptors (Lipinski definition) is 5. The summed E-state index contributed by atoms with van der Waals surface area (Å²) >= 11 is 0. The van der Waals surface area contributed by atoms with Crippen molar-refractivity contribution < 1.29 is 9.47 Å². The molecule has 1 aromatic rings. The van der Waals surface area contributed by atoms with Crippen LogP contribution in [-0.2, 0) is 16.1 Å². The summed E-state index contributed by atoms with van der Waals surface area (Å²) < 4.78 is 10.9. The van der Waals surface area contributed by atoms with E-state index >= 15 is 0 Å². The minimum atomic E-state index is 0.447. The maximum Gasteiger partial charge on any atom is 0.156 e. The van der Waals surface area contributed by atoms with Gasteiger partial charge in [0, 0.05) is 37.4 Å². The van der Waals surface area contributed by atoms with Crippen LogP contribution in [0.4, 0.5) is 5.82 Å². The smallest absolute Gasteiger partial charge is 0.156 e. The Labute approximate surface area is 120 Å². The highest BCUT2D eigenvalue weighted by Crippen LogP contribution is 2.35. The number of nitrogens with zero attached hydrogens (tertiary/aromatic N) is 2. The van der Waals surface area contributed by atoms with Crippen molar-refractivity contribution in [3.8, 4) is 0 Å². The Bertz CT molecular complexity index is 466. The molecule has 1 N–H and O–H groups in total. The van der Waals surface area contributed by atoms with Crippen LogP contribution in [-0.4, -0.2) is 35.8 Å². The van der Waals surface area contributed by atoms with Gasteiger partial charge in [0.2, 0.25) is 0 Å². The first kappa shape index (κ1) is 13.8. The van der Waals surface area contributed by atoms with E-state index in [4.69, 9.17) is 9.47 Å². The number of aromatic nitrogens is 2. The molecule has 1 aromatic heterocycles. The lowest BCUT2D eigenvalue weighted by Crippen LogP contribution is -2.38. The second-order valence-corrected chi connectivity index (χ2v) is 5.79. The summed E-state index contributed by atoms with van der Waals surface area (Å²) in [6.45, 7) is 3.36. The van der Waals surface area contributed by atoms with Crippen LogP contribution in [0.3, 0.4) is 0 Å². The molecule has 2 aliphatic rings. The number of methoxy groups -OCH3 is 1. The Kier molecular flexibility index (Phi) is 4.17. The molecule has 5 nitrogen and oxygen atoms in total. The van der Waals surface area contributed by atoms with E-state index in [1.54, 1.807) is 7.11 Å². The zero-order chi connectivity index (χ0) is 13.9. The van der Waals surface area contributed by atoms with Gasteiger partial charge in [0.15, 0.2) is 5.82 Å². The molecule has 1 aliphatic heterocycles. The standard InChI is InChI=1S/C15H23N3O2/c1-10-8-14(18-15(16-10)9-19-2)17-12-4-3-5-13-11(12)6-7-20-13/h8,11-13H,3-7,9H2,1-2H3,(H,16,17,18). The van der Waals surface area contributed by atoms with Crippen molar-refractivity contribution >= 4 is 5.82 Å². The molecule has 3 atom stereocenters. The first-order valence-electron chi connectivity index (χ1n) is 7.48. The molecule has 5 heteroatoms. The predicted octanol–water partition coefficient (Wildman–Crippen LogP) is 2.30. The van der Waals surface area contributed by atoms with E-state index in [0.29, 0.717) is 24.7 Å². The number of aryl methyl sites for hydroxylation is 1. The third kappa shape index (κ3) is 2.94. The number of nitrogens with one attached hydrogen (secondary N) is 1. The van der Waals surface area contributed by atoms with E-state index in [-0.39, 0.29) is 0 Å². The first-order valence-corrected chi connectivity index (χ1v) is 7.48. The molecule has 110 valence electrons. The van der Waals surface area contributed by atoms with Gasteiger partial charge in [-0.05, 0) is 32.6 Å². The van der Waals surface area contributed by atoms with Gasteiger partial charge in [-0.1, -0.05) is 0 Å². The number of fused-ring (bicyclic) bond motifs is 1. The van der Waals surface area contributed by atoms with E-state index < -0.39 is 0 Å². The molecule has 0 aromatic carbocycles. The number of anilines is 1. The fraction of sp³-hybridized carbons (Fsp3) is 0.733. The molecular weight excluding hydrogens is 254 g/mol. The van der Waals surface area contributed by atoms with Crippen LogP contribution < -0.4 is 5.32 Å². The maximum absolute atomic E-state index is 5.82. The summed E-state index contributed by atoms with van der Waals surface area (Å²) in [6, 6.07) is 2.49. The molecule has 1 saturated heterocycles. The molecule has 3 unspecified atom stereocenters. The zero-order valence-electron chi connectivity index (χ0n) is 12.3. The van der Waals surface area contributed by atoms with Gasteiger partial charge in [0.1, 0.15) is 12.4 Å². The van der Waals surface area contributed by atoms with Gasteiger partial charge in [-0.15, -0.1) is 0 Å². The van der Waals surface area contributed by atoms with Gasteiger partial charge in [-0.3, -0.25) is 0 Å². The van der Waals surface area contributed by atoms with Crippen LogP contribution in [0.2, 0.25) is 0 Å². The highest BCUT2D eigenvalue weighted by Gasteiger charge is 2.37. The lowest BCUT2D eigenvalue weighted by Gasteiger charge is -2.33. The average Bonchev–Trinajstić information content (AvgIpc) is 2.88. The summed E-state index contributed by atoms with van der Waals surface area (Å²) in [5, 5.41) is 3.61. The molecule has 1 saturated carbocycles. The minimum absolute atomic E-state index is 0.447. The highest BCUT2D eigenvalue weighted by molar-refractivity contribution is 5.37. The molecule has 0 spiro atoms. The van der Waals surface area contributed by atoms with Gasteiger partial charge in [-0.25, -0.2) is 9.97 Å². The van der Waals surface area contributed by atoms with Crippen LogP contribution in [0.1, 0.15) is 37.2 Å². The second kappa shape index (κ2) is 6.06. The maximum atomic E-state index is 5.82. The molecule has 0 amide bonds. The first-order chi connectivity index (χ1) is 9.76. The van der Waals surface area contributed by atoms with Crippen LogP contribution in [0.25, 0.3) is 0 Å². The average molecular weight is 277 g/mol. The number of rotatable bonds is 4.